The summed E-state index contributed by atoms with van der Waals surface area (Å²) in [5.74, 6) is -0.494. The van der Waals surface area contributed by atoms with Crippen molar-refractivity contribution in [1.82, 2.24) is 0 Å². The van der Waals surface area contributed by atoms with Crippen molar-refractivity contribution in [2.75, 3.05) is 5.06 Å². The van der Waals surface area contributed by atoms with Crippen LogP contribution in [0.3, 0.4) is 0 Å². The van der Waals surface area contributed by atoms with Gasteiger partial charge in [-0.15, -0.1) is 4.91 Å². The fraction of sp³-hybridized carbons (Fsp3) is 0.125. The molecule has 1 N–H and O–H groups in total. The summed E-state index contributed by atoms with van der Waals surface area (Å²) in [6.07, 6.45) is 0. The van der Waals surface area contributed by atoms with Crippen LogP contribution in [0.15, 0.2) is 29.4 Å². The third-order valence-electron chi connectivity index (χ3n) is 1.50. The largest absolute Gasteiger partial charge is 0.281 e. The molecule has 0 aromatic heterocycles. The van der Waals surface area contributed by atoms with Gasteiger partial charge in [-0.05, 0) is 29.4 Å². The van der Waals surface area contributed by atoms with Crippen molar-refractivity contribution in [1.29, 1.82) is 0 Å². The van der Waals surface area contributed by atoms with Crippen molar-refractivity contribution < 1.29 is 10.0 Å². The van der Waals surface area contributed by atoms with E-state index in [4.69, 9.17) is 5.21 Å². The van der Waals surface area contributed by atoms with Crippen LogP contribution in [0.4, 0.5) is 11.4 Å². The highest BCUT2D eigenvalue weighted by Crippen LogP contribution is 2.18. The lowest BCUT2D eigenvalue weighted by Gasteiger charge is -2.11. The molecule has 0 aliphatic heterocycles. The molecule has 0 atom stereocenters. The van der Waals surface area contributed by atoms with Crippen molar-refractivity contribution in [3.63, 3.8) is 0 Å². The van der Waals surface area contributed by atoms with Gasteiger partial charge in [0.25, 0.3) is 0 Å². The average Bonchev–Trinajstić information content (AvgIpc) is 2.17. The van der Waals surface area contributed by atoms with E-state index in [1.807, 2.05) is 0 Å². The van der Waals surface area contributed by atoms with Gasteiger partial charge in [-0.3, -0.25) is 10.0 Å². The van der Waals surface area contributed by atoms with Crippen LogP contribution in [-0.4, -0.2) is 11.1 Å². The summed E-state index contributed by atoms with van der Waals surface area (Å²) < 4.78 is 0. The Morgan fingerprint density at radius 1 is 1.38 bits per heavy atom. The van der Waals surface area contributed by atoms with E-state index in [0.717, 1.165) is 0 Å². The molecule has 1 rings (SSSR count). The highest BCUT2D eigenvalue weighted by atomic mass is 16.5. The van der Waals surface area contributed by atoms with E-state index in [1.165, 1.54) is 31.2 Å². The molecule has 0 fully saturated rings. The van der Waals surface area contributed by atoms with Gasteiger partial charge >= 0.3 is 0 Å². The first-order valence-electron chi connectivity index (χ1n) is 3.58. The Morgan fingerprint density at radius 2 is 1.92 bits per heavy atom. The fourth-order valence-corrected chi connectivity index (χ4v) is 0.836. The van der Waals surface area contributed by atoms with Crippen LogP contribution in [0.25, 0.3) is 0 Å². The van der Waals surface area contributed by atoms with E-state index < -0.39 is 5.91 Å². The first kappa shape index (κ1) is 9.34. The van der Waals surface area contributed by atoms with Gasteiger partial charge in [0, 0.05) is 6.92 Å². The minimum atomic E-state index is -0.494. The van der Waals surface area contributed by atoms with Gasteiger partial charge in [-0.2, -0.15) is 5.06 Å². The maximum absolute atomic E-state index is 10.7. The lowest BCUT2D eigenvalue weighted by molar-refractivity contribution is -0.121. The van der Waals surface area contributed by atoms with Gasteiger partial charge < -0.3 is 0 Å². The molecule has 0 unspecified atom stereocenters. The number of carbonyl (C=O) groups is 1. The number of amides is 1. The van der Waals surface area contributed by atoms with Crippen molar-refractivity contribution in [2.24, 2.45) is 5.18 Å². The molecule has 0 heterocycles. The molecule has 0 aliphatic rings. The van der Waals surface area contributed by atoms with Gasteiger partial charge in [0.15, 0.2) is 0 Å². The lowest BCUT2D eigenvalue weighted by atomic mass is 10.3. The molecule has 5 heteroatoms. The molecule has 0 saturated heterocycles. The Bertz CT molecular complexity index is 321. The zero-order valence-electron chi connectivity index (χ0n) is 6.97. The Morgan fingerprint density at radius 3 is 2.31 bits per heavy atom. The Hall–Kier alpha value is -1.75. The van der Waals surface area contributed by atoms with Crippen LogP contribution < -0.4 is 5.06 Å². The predicted molar refractivity (Wildman–Crippen MR) is 46.8 cm³/mol. The summed E-state index contributed by atoms with van der Waals surface area (Å²) >= 11 is 0. The van der Waals surface area contributed by atoms with Gasteiger partial charge in [0.1, 0.15) is 5.69 Å². The summed E-state index contributed by atoms with van der Waals surface area (Å²) in [6, 6.07) is 5.68. The zero-order chi connectivity index (χ0) is 9.84. The number of carbonyl (C=O) groups excluding carboxylic acids is 1. The predicted octanol–water partition coefficient (Wildman–Crippen LogP) is 1.83. The number of hydrogen-bond donors (Lipinski definition) is 1. The summed E-state index contributed by atoms with van der Waals surface area (Å²) in [7, 11) is 0. The molecule has 0 bridgehead atoms. The Balaban J connectivity index is 2.91. The van der Waals surface area contributed by atoms with Crippen LogP contribution in [0, 0.1) is 4.91 Å². The normalized spacial score (nSPS) is 9.38. The van der Waals surface area contributed by atoms with Crippen LogP contribution in [0.2, 0.25) is 0 Å². The van der Waals surface area contributed by atoms with Crippen LogP contribution in [0.5, 0.6) is 0 Å². The number of anilines is 1. The van der Waals surface area contributed by atoms with E-state index >= 15 is 0 Å². The van der Waals surface area contributed by atoms with Crippen molar-refractivity contribution in [2.45, 2.75) is 6.92 Å². The van der Waals surface area contributed by atoms with Crippen LogP contribution in [0.1, 0.15) is 6.92 Å². The molecule has 5 nitrogen and oxygen atoms in total. The SMILES string of the molecule is CC(=O)N(O)c1ccc(N=O)cc1. The second kappa shape index (κ2) is 3.77. The fourth-order valence-electron chi connectivity index (χ4n) is 0.836. The smallest absolute Gasteiger partial charge is 0.247 e. The molecule has 1 amide bonds. The molecule has 0 saturated carbocycles. The summed E-state index contributed by atoms with van der Waals surface area (Å²) in [5.41, 5.74) is 0.556. The third kappa shape index (κ3) is 2.09. The summed E-state index contributed by atoms with van der Waals surface area (Å²) in [5, 5.41) is 12.3. The highest BCUT2D eigenvalue weighted by molar-refractivity contribution is 5.89. The quantitative estimate of drug-likeness (QED) is 0.428. The summed E-state index contributed by atoms with van der Waals surface area (Å²) in [6.45, 7) is 1.23. The van der Waals surface area contributed by atoms with E-state index in [1.54, 1.807) is 0 Å². The maximum atomic E-state index is 10.7. The molecule has 1 aromatic carbocycles. The standard InChI is InChI=1S/C8H8N2O3/c1-6(11)10(13)8-4-2-7(9-12)3-5-8/h2-5,13H,1H3. The monoisotopic (exact) mass is 180 g/mol. The van der Waals surface area contributed by atoms with Crippen molar-refractivity contribution in [3.05, 3.63) is 29.2 Å². The van der Waals surface area contributed by atoms with E-state index in [0.29, 0.717) is 10.8 Å². The van der Waals surface area contributed by atoms with Crippen molar-refractivity contribution in [3.8, 4) is 0 Å². The van der Waals surface area contributed by atoms with Crippen LogP contribution >= 0.6 is 0 Å². The second-order valence-electron chi connectivity index (χ2n) is 2.44. The molecule has 0 radical (unpaired) electrons. The maximum Gasteiger partial charge on any atom is 0.247 e. The number of hydroxylamine groups is 1. The minimum absolute atomic E-state index is 0.251. The molecule has 0 spiro atoms. The van der Waals surface area contributed by atoms with Crippen molar-refractivity contribution >= 4 is 17.3 Å². The Labute approximate surface area is 74.5 Å². The molecule has 68 valence electrons. The number of rotatable bonds is 2. The number of nitrogens with zero attached hydrogens (tertiary/aromatic N) is 2. The average molecular weight is 180 g/mol. The van der Waals surface area contributed by atoms with Gasteiger partial charge in [-0.25, -0.2) is 0 Å². The van der Waals surface area contributed by atoms with Crippen LogP contribution in [-0.2, 0) is 4.79 Å². The molecular weight excluding hydrogens is 172 g/mol. The molecule has 13 heavy (non-hydrogen) atoms. The van der Waals surface area contributed by atoms with Gasteiger partial charge in [0.05, 0.1) is 5.69 Å². The minimum Gasteiger partial charge on any atom is -0.281 e. The number of nitroso groups, excluding NO2 is 1. The zero-order valence-corrected chi connectivity index (χ0v) is 6.97. The Kier molecular flexibility index (Phi) is 2.71. The third-order valence-corrected chi connectivity index (χ3v) is 1.50. The molecular formula is C8H8N2O3. The second-order valence-corrected chi connectivity index (χ2v) is 2.44. The topological polar surface area (TPSA) is 70.0 Å². The summed E-state index contributed by atoms with van der Waals surface area (Å²) in [4.78, 5) is 20.7. The first-order chi connectivity index (χ1) is 6.15. The van der Waals surface area contributed by atoms with Gasteiger partial charge in [0.2, 0.25) is 5.91 Å². The first-order valence-corrected chi connectivity index (χ1v) is 3.58. The number of benzene rings is 1. The number of hydrogen-bond acceptors (Lipinski definition) is 4. The van der Waals surface area contributed by atoms with E-state index in [2.05, 4.69) is 5.18 Å². The van der Waals surface area contributed by atoms with E-state index in [-0.39, 0.29) is 5.69 Å². The molecule has 0 aliphatic carbocycles. The lowest BCUT2D eigenvalue weighted by Crippen LogP contribution is -2.23. The van der Waals surface area contributed by atoms with Gasteiger partial charge in [-0.1, -0.05) is 0 Å². The van der Waals surface area contributed by atoms with E-state index in [9.17, 15) is 9.70 Å². The highest BCUT2D eigenvalue weighted by Gasteiger charge is 2.06. The molecule has 1 aromatic rings.